The van der Waals surface area contributed by atoms with Gasteiger partial charge < -0.3 is 10.1 Å². The number of morpholine rings is 1. The average molecular weight is 490 g/mol. The van der Waals surface area contributed by atoms with Gasteiger partial charge >= 0.3 is 0 Å². The summed E-state index contributed by atoms with van der Waals surface area (Å²) in [5, 5.41) is 2.90. The number of hydrogen-bond acceptors (Lipinski definition) is 5. The van der Waals surface area contributed by atoms with Crippen LogP contribution in [0.5, 0.6) is 0 Å². The van der Waals surface area contributed by atoms with Gasteiger partial charge in [-0.25, -0.2) is 12.8 Å². The van der Waals surface area contributed by atoms with Crippen LogP contribution in [0.15, 0.2) is 47.4 Å². The first-order valence-corrected chi connectivity index (χ1v) is 13.3. The second-order valence-corrected chi connectivity index (χ2v) is 10.9. The summed E-state index contributed by atoms with van der Waals surface area (Å²) in [7, 11) is -1.96. The van der Waals surface area contributed by atoms with E-state index in [1.54, 1.807) is 0 Å². The lowest BCUT2D eigenvalue weighted by molar-refractivity contribution is 0.0729. The number of nitrogens with zero attached hydrogens (tertiary/aromatic N) is 2. The predicted octanol–water partition coefficient (Wildman–Crippen LogP) is 3.86. The van der Waals surface area contributed by atoms with E-state index in [0.717, 1.165) is 17.7 Å². The molecule has 0 spiro atoms. The van der Waals surface area contributed by atoms with Crippen LogP contribution in [-0.2, 0) is 21.3 Å². The Kier molecular flexibility index (Phi) is 7.98. The molecular formula is C25H32FN3O4S. The molecule has 1 aliphatic heterocycles. The van der Waals surface area contributed by atoms with Gasteiger partial charge in [0.2, 0.25) is 10.0 Å². The van der Waals surface area contributed by atoms with Crippen molar-refractivity contribution in [2.75, 3.05) is 38.7 Å². The molecule has 4 rings (SSSR count). The van der Waals surface area contributed by atoms with Crippen LogP contribution in [0.25, 0.3) is 0 Å². The van der Waals surface area contributed by atoms with Crippen LogP contribution in [0.2, 0.25) is 0 Å². The first-order valence-electron chi connectivity index (χ1n) is 11.8. The standard InChI is InChI=1S/C25H32FN3O4S/c1-28(21-8-3-2-4-9-21)18-20-7-5-6-10-23(20)27-25(30)19-11-12-22(26)24(17-19)34(31,32)29-13-15-33-16-14-29/h5-7,10-12,17,21H,2-4,8-9,13-16,18H2,1H3,(H,27,30). The lowest BCUT2D eigenvalue weighted by Gasteiger charge is -2.31. The zero-order valence-corrected chi connectivity index (χ0v) is 20.3. The molecule has 0 bridgehead atoms. The Bertz CT molecular complexity index is 1110. The number of carbonyl (C=O) groups is 1. The third kappa shape index (κ3) is 5.66. The van der Waals surface area contributed by atoms with Crippen molar-refractivity contribution in [3.8, 4) is 0 Å². The molecule has 0 atom stereocenters. The summed E-state index contributed by atoms with van der Waals surface area (Å²) in [6.45, 7) is 1.52. The maximum Gasteiger partial charge on any atom is 0.255 e. The minimum atomic E-state index is -4.07. The molecule has 1 heterocycles. The first-order chi connectivity index (χ1) is 16.4. The number of anilines is 1. The fourth-order valence-corrected chi connectivity index (χ4v) is 6.16. The highest BCUT2D eigenvalue weighted by Crippen LogP contribution is 2.26. The fraction of sp³-hybridized carbons (Fsp3) is 0.480. The highest BCUT2D eigenvalue weighted by atomic mass is 32.2. The molecule has 0 radical (unpaired) electrons. The van der Waals surface area contributed by atoms with Crippen LogP contribution in [0, 0.1) is 5.82 Å². The van der Waals surface area contributed by atoms with Crippen molar-refractivity contribution in [1.29, 1.82) is 0 Å². The second-order valence-electron chi connectivity index (χ2n) is 8.98. The van der Waals surface area contributed by atoms with E-state index in [-0.39, 0.29) is 31.9 Å². The monoisotopic (exact) mass is 489 g/mol. The van der Waals surface area contributed by atoms with E-state index in [9.17, 15) is 17.6 Å². The van der Waals surface area contributed by atoms with Gasteiger partial charge in [0, 0.05) is 36.9 Å². The van der Waals surface area contributed by atoms with Crippen LogP contribution < -0.4 is 5.32 Å². The molecule has 1 aliphatic carbocycles. The highest BCUT2D eigenvalue weighted by Gasteiger charge is 2.30. The van der Waals surface area contributed by atoms with Gasteiger partial charge in [-0.05, 0) is 49.7 Å². The molecule has 0 aromatic heterocycles. The van der Waals surface area contributed by atoms with Crippen LogP contribution in [0.3, 0.4) is 0 Å². The molecule has 2 fully saturated rings. The molecule has 1 N–H and O–H groups in total. The molecule has 0 unspecified atom stereocenters. The largest absolute Gasteiger partial charge is 0.379 e. The molecule has 1 saturated carbocycles. The highest BCUT2D eigenvalue weighted by molar-refractivity contribution is 7.89. The van der Waals surface area contributed by atoms with Crippen LogP contribution in [0.4, 0.5) is 10.1 Å². The zero-order valence-electron chi connectivity index (χ0n) is 19.5. The normalized spacial score (nSPS) is 18.2. The number of halogens is 1. The van der Waals surface area contributed by atoms with Crippen LogP contribution in [-0.4, -0.2) is 62.9 Å². The van der Waals surface area contributed by atoms with E-state index in [0.29, 0.717) is 18.3 Å². The summed E-state index contributed by atoms with van der Waals surface area (Å²) >= 11 is 0. The van der Waals surface area contributed by atoms with Gasteiger partial charge in [0.1, 0.15) is 10.7 Å². The number of rotatable bonds is 7. The summed E-state index contributed by atoms with van der Waals surface area (Å²) < 4.78 is 46.8. The Morgan fingerprint density at radius 3 is 2.56 bits per heavy atom. The number of para-hydroxylation sites is 1. The fourth-order valence-electron chi connectivity index (χ4n) is 4.66. The maximum absolute atomic E-state index is 14.5. The molecular weight excluding hydrogens is 457 g/mol. The van der Waals surface area contributed by atoms with Crippen molar-refractivity contribution in [3.05, 3.63) is 59.4 Å². The third-order valence-electron chi connectivity index (χ3n) is 6.66. The smallest absolute Gasteiger partial charge is 0.255 e. The van der Waals surface area contributed by atoms with Crippen molar-refractivity contribution in [2.45, 2.75) is 49.6 Å². The maximum atomic E-state index is 14.5. The molecule has 184 valence electrons. The molecule has 1 saturated heterocycles. The van der Waals surface area contributed by atoms with Crippen molar-refractivity contribution in [2.24, 2.45) is 0 Å². The van der Waals surface area contributed by atoms with Gasteiger partial charge in [-0.1, -0.05) is 37.5 Å². The molecule has 9 heteroatoms. The van der Waals surface area contributed by atoms with Crippen molar-refractivity contribution in [3.63, 3.8) is 0 Å². The van der Waals surface area contributed by atoms with Gasteiger partial charge in [-0.2, -0.15) is 4.31 Å². The molecule has 2 aliphatic rings. The molecule has 2 aromatic rings. The summed E-state index contributed by atoms with van der Waals surface area (Å²) in [6.07, 6.45) is 6.14. The number of hydrogen-bond donors (Lipinski definition) is 1. The number of carbonyl (C=O) groups excluding carboxylic acids is 1. The van der Waals surface area contributed by atoms with E-state index in [1.165, 1.54) is 42.5 Å². The van der Waals surface area contributed by atoms with Crippen molar-refractivity contribution >= 4 is 21.6 Å². The molecule has 7 nitrogen and oxygen atoms in total. The van der Waals surface area contributed by atoms with E-state index < -0.39 is 26.6 Å². The van der Waals surface area contributed by atoms with E-state index in [1.807, 2.05) is 24.3 Å². The Morgan fingerprint density at radius 1 is 1.12 bits per heavy atom. The number of sulfonamides is 1. The Balaban J connectivity index is 1.52. The minimum Gasteiger partial charge on any atom is -0.379 e. The van der Waals surface area contributed by atoms with Gasteiger partial charge in [0.15, 0.2) is 0 Å². The van der Waals surface area contributed by atoms with E-state index in [4.69, 9.17) is 4.74 Å². The topological polar surface area (TPSA) is 79.0 Å². The summed E-state index contributed by atoms with van der Waals surface area (Å²) in [5.74, 6) is -1.36. The first kappa shape index (κ1) is 24.8. The van der Waals surface area contributed by atoms with E-state index in [2.05, 4.69) is 17.3 Å². The van der Waals surface area contributed by atoms with Gasteiger partial charge in [-0.3, -0.25) is 9.69 Å². The lowest BCUT2D eigenvalue weighted by Crippen LogP contribution is -2.41. The van der Waals surface area contributed by atoms with Crippen LogP contribution >= 0.6 is 0 Å². The number of nitrogens with one attached hydrogen (secondary N) is 1. The van der Waals surface area contributed by atoms with Gasteiger partial charge in [0.05, 0.1) is 13.2 Å². The Morgan fingerprint density at radius 2 is 1.82 bits per heavy atom. The predicted molar refractivity (Wildman–Crippen MR) is 129 cm³/mol. The quantitative estimate of drug-likeness (QED) is 0.639. The Hall–Kier alpha value is -2.33. The summed E-state index contributed by atoms with van der Waals surface area (Å²) in [4.78, 5) is 14.9. The van der Waals surface area contributed by atoms with Gasteiger partial charge in [-0.15, -0.1) is 0 Å². The van der Waals surface area contributed by atoms with E-state index >= 15 is 0 Å². The Labute approximate surface area is 200 Å². The van der Waals surface area contributed by atoms with Crippen molar-refractivity contribution in [1.82, 2.24) is 9.21 Å². The number of ether oxygens (including phenoxy) is 1. The zero-order chi connectivity index (χ0) is 24.1. The van der Waals surface area contributed by atoms with Gasteiger partial charge in [0.25, 0.3) is 5.91 Å². The van der Waals surface area contributed by atoms with Crippen LogP contribution in [0.1, 0.15) is 48.0 Å². The summed E-state index contributed by atoms with van der Waals surface area (Å²) in [6, 6.07) is 11.6. The number of benzene rings is 2. The lowest BCUT2D eigenvalue weighted by atomic mass is 9.94. The number of amides is 1. The second kappa shape index (κ2) is 10.9. The third-order valence-corrected chi connectivity index (χ3v) is 8.58. The SMILES string of the molecule is CN(Cc1ccccc1NC(=O)c1ccc(F)c(S(=O)(=O)N2CCOCC2)c1)C1CCCCC1. The van der Waals surface area contributed by atoms with Crippen molar-refractivity contribution < 1.29 is 22.3 Å². The summed E-state index contributed by atoms with van der Waals surface area (Å²) in [5.41, 5.74) is 1.73. The molecule has 2 aromatic carbocycles. The molecule has 34 heavy (non-hydrogen) atoms. The average Bonchev–Trinajstić information content (AvgIpc) is 2.86. The minimum absolute atomic E-state index is 0.0867. The molecule has 1 amide bonds.